The molecule has 0 aromatic heterocycles. The predicted octanol–water partition coefficient (Wildman–Crippen LogP) is 3.11. The Bertz CT molecular complexity index is 405. The van der Waals surface area contributed by atoms with Crippen LogP contribution >= 0.6 is 23.2 Å². The molecule has 0 aliphatic carbocycles. The summed E-state index contributed by atoms with van der Waals surface area (Å²) in [6, 6.07) is 5.63. The van der Waals surface area contributed by atoms with Crippen molar-refractivity contribution < 1.29 is 0 Å². The van der Waals surface area contributed by atoms with Crippen molar-refractivity contribution >= 4 is 29.2 Å². The molecule has 0 bridgehead atoms. The van der Waals surface area contributed by atoms with Crippen LogP contribution in [0.1, 0.15) is 18.9 Å². The van der Waals surface area contributed by atoms with Gasteiger partial charge in [0.1, 0.15) is 0 Å². The highest BCUT2D eigenvalue weighted by Crippen LogP contribution is 2.21. The molecular formula is C13H19Cl2N3. The molecule has 3 nitrogen and oxygen atoms in total. The average molecular weight is 288 g/mol. The second-order valence-electron chi connectivity index (χ2n) is 3.87. The average Bonchev–Trinajstić information content (AvgIpc) is 2.35. The minimum atomic E-state index is 0.675. The Labute approximate surface area is 119 Å². The zero-order chi connectivity index (χ0) is 13.4. The van der Waals surface area contributed by atoms with E-state index in [-0.39, 0.29) is 0 Å². The lowest BCUT2D eigenvalue weighted by molar-refractivity contribution is 0.748. The number of rotatable bonds is 5. The first-order valence-electron chi connectivity index (χ1n) is 6.05. The molecular weight excluding hydrogens is 269 g/mol. The summed E-state index contributed by atoms with van der Waals surface area (Å²) in [4.78, 5) is 4.10. The maximum Gasteiger partial charge on any atom is 0.190 e. The summed E-state index contributed by atoms with van der Waals surface area (Å²) in [6.07, 6.45) is 1.91. The van der Waals surface area contributed by atoms with Crippen molar-refractivity contribution in [2.45, 2.75) is 19.8 Å². The third-order valence-electron chi connectivity index (χ3n) is 2.50. The second-order valence-corrected chi connectivity index (χ2v) is 4.71. The van der Waals surface area contributed by atoms with E-state index in [4.69, 9.17) is 23.2 Å². The molecule has 0 unspecified atom stereocenters. The van der Waals surface area contributed by atoms with E-state index in [0.29, 0.717) is 5.02 Å². The minimum Gasteiger partial charge on any atom is -0.357 e. The lowest BCUT2D eigenvalue weighted by Gasteiger charge is -2.10. The van der Waals surface area contributed by atoms with Crippen molar-refractivity contribution in [1.82, 2.24) is 10.6 Å². The summed E-state index contributed by atoms with van der Waals surface area (Å²) < 4.78 is 0. The predicted molar refractivity (Wildman–Crippen MR) is 79.8 cm³/mol. The van der Waals surface area contributed by atoms with Crippen LogP contribution in [0, 0.1) is 0 Å². The number of benzene rings is 1. The van der Waals surface area contributed by atoms with Crippen LogP contribution in [0.15, 0.2) is 23.2 Å². The van der Waals surface area contributed by atoms with Gasteiger partial charge in [0.2, 0.25) is 0 Å². The lowest BCUT2D eigenvalue weighted by atomic mass is 10.1. The Kier molecular flexibility index (Phi) is 6.91. The van der Waals surface area contributed by atoms with Crippen molar-refractivity contribution in [3.05, 3.63) is 33.8 Å². The van der Waals surface area contributed by atoms with Crippen molar-refractivity contribution in [3.63, 3.8) is 0 Å². The van der Waals surface area contributed by atoms with Crippen LogP contribution in [0.2, 0.25) is 10.0 Å². The molecule has 0 fully saturated rings. The monoisotopic (exact) mass is 287 g/mol. The van der Waals surface area contributed by atoms with Gasteiger partial charge in [-0.1, -0.05) is 29.3 Å². The Balaban J connectivity index is 2.33. The number of nitrogens with one attached hydrogen (secondary N) is 2. The SMILES string of the molecule is CCNC(=NC)NCCCc1ccc(Cl)cc1Cl. The smallest absolute Gasteiger partial charge is 0.190 e. The summed E-state index contributed by atoms with van der Waals surface area (Å²) in [7, 11) is 1.76. The molecule has 0 aliphatic rings. The van der Waals surface area contributed by atoms with E-state index < -0.39 is 0 Å². The third kappa shape index (κ3) is 5.15. The molecule has 1 aromatic rings. The van der Waals surface area contributed by atoms with E-state index in [9.17, 15) is 0 Å². The fourth-order valence-electron chi connectivity index (χ4n) is 1.60. The van der Waals surface area contributed by atoms with Crippen LogP contribution in [0.3, 0.4) is 0 Å². The number of halogens is 2. The van der Waals surface area contributed by atoms with E-state index in [2.05, 4.69) is 15.6 Å². The van der Waals surface area contributed by atoms with Crippen LogP contribution in [0.4, 0.5) is 0 Å². The molecule has 0 radical (unpaired) electrons. The van der Waals surface area contributed by atoms with Gasteiger partial charge in [-0.3, -0.25) is 4.99 Å². The second kappa shape index (κ2) is 8.22. The zero-order valence-electron chi connectivity index (χ0n) is 10.8. The van der Waals surface area contributed by atoms with E-state index in [1.54, 1.807) is 13.1 Å². The van der Waals surface area contributed by atoms with Gasteiger partial charge in [-0.25, -0.2) is 0 Å². The molecule has 0 aliphatic heterocycles. The zero-order valence-corrected chi connectivity index (χ0v) is 12.3. The first-order valence-corrected chi connectivity index (χ1v) is 6.81. The van der Waals surface area contributed by atoms with Gasteiger partial charge in [-0.2, -0.15) is 0 Å². The number of aliphatic imine (C=N–C) groups is 1. The van der Waals surface area contributed by atoms with Gasteiger partial charge in [-0.15, -0.1) is 0 Å². The maximum absolute atomic E-state index is 6.11. The molecule has 0 heterocycles. The summed E-state index contributed by atoms with van der Waals surface area (Å²) in [6.45, 7) is 3.77. The number of nitrogens with zero attached hydrogens (tertiary/aromatic N) is 1. The molecule has 100 valence electrons. The highest BCUT2D eigenvalue weighted by Gasteiger charge is 2.01. The normalized spacial score (nSPS) is 11.4. The Hall–Kier alpha value is -0.930. The summed E-state index contributed by atoms with van der Waals surface area (Å²) in [5.41, 5.74) is 1.13. The summed E-state index contributed by atoms with van der Waals surface area (Å²) >= 11 is 12.0. The Morgan fingerprint density at radius 1 is 1.28 bits per heavy atom. The summed E-state index contributed by atoms with van der Waals surface area (Å²) in [5.74, 6) is 0.833. The van der Waals surface area contributed by atoms with Crippen molar-refractivity contribution in [1.29, 1.82) is 0 Å². The van der Waals surface area contributed by atoms with Gasteiger partial charge >= 0.3 is 0 Å². The highest BCUT2D eigenvalue weighted by atomic mass is 35.5. The van der Waals surface area contributed by atoms with Crippen LogP contribution in [-0.4, -0.2) is 26.1 Å². The van der Waals surface area contributed by atoms with Crippen molar-refractivity contribution in [2.24, 2.45) is 4.99 Å². The highest BCUT2D eigenvalue weighted by molar-refractivity contribution is 6.35. The van der Waals surface area contributed by atoms with E-state index in [1.165, 1.54) is 0 Å². The molecule has 18 heavy (non-hydrogen) atoms. The standard InChI is InChI=1S/C13H19Cl2N3/c1-3-17-13(16-2)18-8-4-5-10-6-7-11(14)9-12(10)15/h6-7,9H,3-5,8H2,1-2H3,(H2,16,17,18). The van der Waals surface area contributed by atoms with Crippen LogP contribution < -0.4 is 10.6 Å². The van der Waals surface area contributed by atoms with Gasteiger partial charge in [0.25, 0.3) is 0 Å². The topological polar surface area (TPSA) is 36.4 Å². The van der Waals surface area contributed by atoms with Crippen molar-refractivity contribution in [2.75, 3.05) is 20.1 Å². The summed E-state index contributed by atoms with van der Waals surface area (Å²) in [5, 5.41) is 7.80. The molecule has 0 saturated carbocycles. The maximum atomic E-state index is 6.11. The van der Waals surface area contributed by atoms with Gasteiger partial charge < -0.3 is 10.6 Å². The first kappa shape index (κ1) is 15.1. The van der Waals surface area contributed by atoms with E-state index in [1.807, 2.05) is 19.1 Å². The van der Waals surface area contributed by atoms with Gasteiger partial charge in [-0.05, 0) is 37.5 Å². The number of hydrogen-bond acceptors (Lipinski definition) is 1. The number of guanidine groups is 1. The van der Waals surface area contributed by atoms with Crippen LogP contribution in [-0.2, 0) is 6.42 Å². The van der Waals surface area contributed by atoms with Crippen molar-refractivity contribution in [3.8, 4) is 0 Å². The molecule has 2 N–H and O–H groups in total. The van der Waals surface area contributed by atoms with Gasteiger partial charge in [0.15, 0.2) is 5.96 Å². The number of hydrogen-bond donors (Lipinski definition) is 2. The minimum absolute atomic E-state index is 0.675. The number of aryl methyl sites for hydroxylation is 1. The molecule has 1 aromatic carbocycles. The Morgan fingerprint density at radius 2 is 2.06 bits per heavy atom. The largest absolute Gasteiger partial charge is 0.357 e. The van der Waals surface area contributed by atoms with E-state index in [0.717, 1.165) is 42.5 Å². The van der Waals surface area contributed by atoms with Crippen LogP contribution in [0.25, 0.3) is 0 Å². The third-order valence-corrected chi connectivity index (χ3v) is 3.09. The Morgan fingerprint density at radius 3 is 2.67 bits per heavy atom. The molecule has 0 amide bonds. The molecule has 5 heteroatoms. The molecule has 0 saturated heterocycles. The lowest BCUT2D eigenvalue weighted by Crippen LogP contribution is -2.37. The van der Waals surface area contributed by atoms with Gasteiger partial charge in [0.05, 0.1) is 0 Å². The fourth-order valence-corrected chi connectivity index (χ4v) is 2.10. The molecule has 0 spiro atoms. The van der Waals surface area contributed by atoms with E-state index >= 15 is 0 Å². The molecule has 1 rings (SSSR count). The fraction of sp³-hybridized carbons (Fsp3) is 0.462. The van der Waals surface area contributed by atoms with Gasteiger partial charge in [0, 0.05) is 30.2 Å². The first-order chi connectivity index (χ1) is 8.67. The quantitative estimate of drug-likeness (QED) is 0.496. The molecule has 0 atom stereocenters. The van der Waals surface area contributed by atoms with Crippen LogP contribution in [0.5, 0.6) is 0 Å².